The topological polar surface area (TPSA) is 156 Å². The van der Waals surface area contributed by atoms with E-state index in [1.807, 2.05) is 29.2 Å². The number of methoxy groups -OCH3 is 1. The number of likely N-dealkylation sites (tertiary alicyclic amines) is 2. The molecule has 6 rings (SSSR count). The van der Waals surface area contributed by atoms with Crippen molar-refractivity contribution < 1.29 is 29.3 Å². The summed E-state index contributed by atoms with van der Waals surface area (Å²) in [5.41, 5.74) is 4.48. The molecule has 0 saturated carbocycles. The van der Waals surface area contributed by atoms with Gasteiger partial charge in [0.1, 0.15) is 11.5 Å². The number of hydrogen-bond donors (Lipinski definition) is 1. The SMILES string of the molecule is BrB(Br)Br.COc1ccc(CN2CCCC2=O)cc1-c1cccc([N+](=O)[O-])c1.O=C1CCCN1Cc1ccc(O)c(-c2cccc([N+](=O)[O-])c2)c1. The van der Waals surface area contributed by atoms with Crippen molar-refractivity contribution >= 4 is 73.6 Å². The van der Waals surface area contributed by atoms with E-state index in [9.17, 15) is 34.9 Å². The van der Waals surface area contributed by atoms with E-state index in [0.717, 1.165) is 48.2 Å². The van der Waals surface area contributed by atoms with Gasteiger partial charge in [-0.3, -0.25) is 29.8 Å². The molecule has 51 heavy (non-hydrogen) atoms. The van der Waals surface area contributed by atoms with Gasteiger partial charge in [-0.2, -0.15) is 0 Å². The Kier molecular flexibility index (Phi) is 14.6. The summed E-state index contributed by atoms with van der Waals surface area (Å²) in [5, 5.41) is 32.0. The van der Waals surface area contributed by atoms with Crippen molar-refractivity contribution in [2.24, 2.45) is 0 Å². The van der Waals surface area contributed by atoms with Crippen LogP contribution in [0.25, 0.3) is 22.3 Å². The van der Waals surface area contributed by atoms with Crippen molar-refractivity contribution in [2.75, 3.05) is 20.2 Å². The number of non-ortho nitro benzene ring substituents is 2. The third kappa shape index (κ3) is 11.4. The predicted molar refractivity (Wildman–Crippen MR) is 207 cm³/mol. The molecule has 2 saturated heterocycles. The second kappa shape index (κ2) is 18.8. The van der Waals surface area contributed by atoms with Gasteiger partial charge in [-0.15, -0.1) is 47.3 Å². The molecule has 2 fully saturated rings. The van der Waals surface area contributed by atoms with Crippen LogP contribution in [0.1, 0.15) is 36.8 Å². The van der Waals surface area contributed by atoms with Crippen molar-refractivity contribution in [2.45, 2.75) is 38.8 Å². The first-order valence-corrected chi connectivity index (χ1v) is 18.6. The highest BCUT2D eigenvalue weighted by molar-refractivity contribution is 9.69. The van der Waals surface area contributed by atoms with Crippen LogP contribution in [-0.2, 0) is 22.7 Å². The molecular formula is C35H34BBr3N4O8. The quantitative estimate of drug-likeness (QED) is 0.0995. The van der Waals surface area contributed by atoms with Crippen LogP contribution in [0.2, 0.25) is 0 Å². The van der Waals surface area contributed by atoms with Gasteiger partial charge in [0, 0.05) is 74.4 Å². The van der Waals surface area contributed by atoms with Crippen LogP contribution in [0.3, 0.4) is 0 Å². The van der Waals surface area contributed by atoms with E-state index >= 15 is 0 Å². The fourth-order valence-electron chi connectivity index (χ4n) is 5.75. The number of nitro benzene ring substituents is 2. The highest BCUT2D eigenvalue weighted by Gasteiger charge is 2.22. The highest BCUT2D eigenvalue weighted by atomic mass is 79.9. The Morgan fingerprint density at radius 1 is 0.725 bits per heavy atom. The lowest BCUT2D eigenvalue weighted by atomic mass is 10.0. The molecule has 2 aliphatic heterocycles. The molecule has 1 N–H and O–H groups in total. The summed E-state index contributed by atoms with van der Waals surface area (Å²) < 4.78 is 5.67. The first-order chi connectivity index (χ1) is 24.4. The van der Waals surface area contributed by atoms with E-state index in [1.54, 1.807) is 48.4 Å². The van der Waals surface area contributed by atoms with Crippen LogP contribution >= 0.6 is 47.3 Å². The summed E-state index contributed by atoms with van der Waals surface area (Å²) >= 11 is 9.31. The smallest absolute Gasteiger partial charge is 0.369 e. The van der Waals surface area contributed by atoms with Crippen LogP contribution in [0.5, 0.6) is 11.5 Å². The predicted octanol–water partition coefficient (Wildman–Crippen LogP) is 8.64. The van der Waals surface area contributed by atoms with Crippen LogP contribution < -0.4 is 4.74 Å². The first-order valence-electron chi connectivity index (χ1n) is 15.8. The fraction of sp³-hybridized carbons (Fsp3) is 0.257. The number of nitrogens with zero attached hydrogens (tertiary/aromatic N) is 4. The summed E-state index contributed by atoms with van der Waals surface area (Å²) in [7, 11) is 1.57. The number of phenols is 1. The molecule has 4 aromatic carbocycles. The van der Waals surface area contributed by atoms with Crippen LogP contribution in [-0.4, -0.2) is 60.0 Å². The standard InChI is InChI=1S/C18H18N2O4.C17H16N2O4.BBr3/c1-24-17-8-7-13(12-19-9-3-6-18(19)21)10-16(17)14-4-2-5-15(11-14)20(22)23;20-16-7-6-12(11-18-8-2-5-17(18)21)9-15(16)13-3-1-4-14(10-13)19(22)23;2-1(3)4/h2,4-5,7-8,10-11H,3,6,9,12H2,1H3;1,3-4,6-7,9-10,20H,2,5,8,11H2;. The van der Waals surface area contributed by atoms with Crippen molar-refractivity contribution in [1.82, 2.24) is 9.80 Å². The minimum atomic E-state index is -0.465. The average Bonchev–Trinajstić information content (AvgIpc) is 3.71. The number of nitro groups is 2. The van der Waals surface area contributed by atoms with E-state index in [-0.39, 0.29) is 32.1 Å². The van der Waals surface area contributed by atoms with E-state index < -0.39 is 9.85 Å². The Morgan fingerprint density at radius 2 is 1.18 bits per heavy atom. The van der Waals surface area contributed by atoms with E-state index in [0.29, 0.717) is 42.8 Å². The summed E-state index contributed by atoms with van der Waals surface area (Å²) in [6.45, 7) is 2.55. The van der Waals surface area contributed by atoms with Gasteiger partial charge in [0.25, 0.3) is 11.4 Å². The third-order valence-corrected chi connectivity index (χ3v) is 8.15. The minimum Gasteiger partial charge on any atom is -0.507 e. The summed E-state index contributed by atoms with van der Waals surface area (Å²) in [6, 6.07) is 23.4. The van der Waals surface area contributed by atoms with E-state index in [2.05, 4.69) is 47.3 Å². The molecule has 0 unspecified atom stereocenters. The normalized spacial score (nSPS) is 13.6. The number of benzene rings is 4. The van der Waals surface area contributed by atoms with E-state index in [4.69, 9.17) is 4.74 Å². The van der Waals surface area contributed by atoms with Crippen LogP contribution in [0.15, 0.2) is 84.9 Å². The number of hydrogen-bond acceptors (Lipinski definition) is 8. The molecule has 2 heterocycles. The zero-order valence-corrected chi connectivity index (χ0v) is 32.3. The molecule has 12 nitrogen and oxygen atoms in total. The molecule has 4 aromatic rings. The van der Waals surface area contributed by atoms with Gasteiger partial charge in [-0.25, -0.2) is 0 Å². The largest absolute Gasteiger partial charge is 0.507 e. The summed E-state index contributed by atoms with van der Waals surface area (Å²) in [6.07, 6.45) is 2.95. The van der Waals surface area contributed by atoms with Gasteiger partial charge >= 0.3 is 3.18 Å². The molecule has 0 spiro atoms. The maximum atomic E-state index is 11.8. The molecule has 0 aliphatic carbocycles. The zero-order valence-electron chi connectivity index (χ0n) is 27.5. The second-order valence-electron chi connectivity index (χ2n) is 11.6. The van der Waals surface area contributed by atoms with Crippen molar-refractivity contribution in [3.8, 4) is 33.8 Å². The van der Waals surface area contributed by atoms with Crippen molar-refractivity contribution in [1.29, 1.82) is 0 Å². The second-order valence-corrected chi connectivity index (χ2v) is 18.0. The van der Waals surface area contributed by atoms with Gasteiger partial charge in [0.15, 0.2) is 0 Å². The van der Waals surface area contributed by atoms with Gasteiger partial charge in [0.2, 0.25) is 11.8 Å². The molecule has 0 aromatic heterocycles. The number of amides is 2. The molecule has 16 heteroatoms. The monoisotopic (exact) mass is 886 g/mol. The molecule has 0 radical (unpaired) electrons. The summed E-state index contributed by atoms with van der Waals surface area (Å²) in [4.78, 5) is 48.2. The Labute approximate surface area is 320 Å². The van der Waals surface area contributed by atoms with Crippen LogP contribution in [0, 0.1) is 20.2 Å². The number of ether oxygens (including phenoxy) is 1. The molecule has 266 valence electrons. The Bertz CT molecular complexity index is 1900. The molecule has 0 bridgehead atoms. The maximum absolute atomic E-state index is 11.8. The van der Waals surface area contributed by atoms with Gasteiger partial charge in [0.05, 0.1) is 17.0 Å². The van der Waals surface area contributed by atoms with E-state index in [1.165, 1.54) is 24.3 Å². The fourth-order valence-corrected chi connectivity index (χ4v) is 5.75. The van der Waals surface area contributed by atoms with Gasteiger partial charge in [-0.05, 0) is 59.4 Å². The van der Waals surface area contributed by atoms with Gasteiger partial charge in [-0.1, -0.05) is 36.4 Å². The number of carbonyl (C=O) groups excluding carboxylic acids is 2. The molecule has 0 atom stereocenters. The van der Waals surface area contributed by atoms with Crippen molar-refractivity contribution in [3.05, 3.63) is 116 Å². The number of carbonyl (C=O) groups is 2. The molecular weight excluding hydrogens is 855 g/mol. The third-order valence-electron chi connectivity index (χ3n) is 8.15. The zero-order chi connectivity index (χ0) is 37.1. The Balaban J connectivity index is 0.000000207. The van der Waals surface area contributed by atoms with Gasteiger partial charge < -0.3 is 19.6 Å². The summed E-state index contributed by atoms with van der Waals surface area (Å²) in [5.74, 6) is 1.01. The van der Waals surface area contributed by atoms with Crippen molar-refractivity contribution in [3.63, 3.8) is 0 Å². The van der Waals surface area contributed by atoms with Crippen LogP contribution in [0.4, 0.5) is 11.4 Å². The Morgan fingerprint density at radius 3 is 1.61 bits per heavy atom. The lowest BCUT2D eigenvalue weighted by molar-refractivity contribution is -0.385. The minimum absolute atomic E-state index is 0.0259. The number of rotatable bonds is 9. The highest BCUT2D eigenvalue weighted by Crippen LogP contribution is 2.34. The average molecular weight is 889 g/mol. The molecule has 2 aliphatic rings. The maximum Gasteiger partial charge on any atom is 0.369 e. The lowest BCUT2D eigenvalue weighted by Gasteiger charge is -2.17. The molecule has 2 amide bonds. The first kappa shape index (κ1) is 39.5. The number of halogens is 3. The number of aromatic hydroxyl groups is 1. The Hall–Kier alpha value is -4.28. The lowest BCUT2D eigenvalue weighted by Crippen LogP contribution is -2.23. The number of phenolic OH excluding ortho intramolecular Hbond substituents is 1.